The van der Waals surface area contributed by atoms with Crippen molar-refractivity contribution in [3.63, 3.8) is 0 Å². The number of fused-ring (bicyclic) bond motifs is 1. The number of carbonyl (C=O) groups is 2. The van der Waals surface area contributed by atoms with E-state index >= 15 is 0 Å². The third-order valence-electron chi connectivity index (χ3n) is 4.26. The van der Waals surface area contributed by atoms with Gasteiger partial charge < -0.3 is 21.2 Å². The highest BCUT2D eigenvalue weighted by Crippen LogP contribution is 2.36. The lowest BCUT2D eigenvalue weighted by Crippen LogP contribution is -2.69. The molecule has 2 aliphatic heterocycles. The number of nitrogens with zero attached hydrogens (tertiary/aromatic N) is 5. The molecule has 0 spiro atoms. The van der Waals surface area contributed by atoms with Gasteiger partial charge in [0.2, 0.25) is 11.5 Å². The van der Waals surface area contributed by atoms with Crippen LogP contribution in [0.5, 0.6) is 0 Å². The molecule has 28 heavy (non-hydrogen) atoms. The van der Waals surface area contributed by atoms with Crippen LogP contribution < -0.4 is 15.6 Å². The van der Waals surface area contributed by atoms with Gasteiger partial charge in [-0.2, -0.15) is 9.36 Å². The zero-order chi connectivity index (χ0) is 19.7. The Morgan fingerprint density at radius 1 is 1.43 bits per heavy atom. The maximum atomic E-state index is 12.5. The Balaban J connectivity index is 1.41. The van der Waals surface area contributed by atoms with Crippen LogP contribution in [0, 0.1) is 0 Å². The molecule has 2 aromatic heterocycles. The molecule has 4 rings (SSSR count). The Morgan fingerprint density at radius 3 is 2.89 bits per heavy atom. The molecule has 1 unspecified atom stereocenters. The molecule has 1 saturated heterocycles. The highest BCUT2D eigenvalue weighted by molar-refractivity contribution is 8.00. The predicted octanol–water partition coefficient (Wildman–Crippen LogP) is -0.430. The molecule has 0 saturated carbocycles. The quantitative estimate of drug-likeness (QED) is 0.197. The minimum atomic E-state index is -0.728. The van der Waals surface area contributed by atoms with Crippen molar-refractivity contribution in [1.82, 2.24) is 19.6 Å². The summed E-state index contributed by atoms with van der Waals surface area (Å²) in [5.41, 5.74) is 6.22. The zero-order valence-electron chi connectivity index (χ0n) is 14.4. The van der Waals surface area contributed by atoms with Gasteiger partial charge in [0.1, 0.15) is 11.4 Å². The van der Waals surface area contributed by atoms with Gasteiger partial charge >= 0.3 is 0 Å². The van der Waals surface area contributed by atoms with E-state index in [1.165, 1.54) is 0 Å². The Kier molecular flexibility index (Phi) is 4.96. The number of rotatable bonds is 5. The Bertz CT molecular complexity index is 976. The monoisotopic (exact) mass is 418 g/mol. The third-order valence-corrected chi connectivity index (χ3v) is 6.18. The molecule has 2 atom stereocenters. The third kappa shape index (κ3) is 3.43. The summed E-state index contributed by atoms with van der Waals surface area (Å²) in [7, 11) is 0. The number of nitrogen functional groups attached to an aromatic ring is 1. The van der Waals surface area contributed by atoms with E-state index in [4.69, 9.17) is 10.9 Å². The fraction of sp³-hybridized carbons (Fsp3) is 0.250. The fourth-order valence-electron chi connectivity index (χ4n) is 2.95. The number of nitrogens with two attached hydrogens (primary N) is 1. The van der Waals surface area contributed by atoms with Crippen molar-refractivity contribution < 1.29 is 19.4 Å². The molecule has 0 bridgehead atoms. The number of pyridine rings is 1. The van der Waals surface area contributed by atoms with Crippen LogP contribution in [-0.2, 0) is 16.1 Å². The molecule has 4 heterocycles. The molecule has 2 aliphatic rings. The number of anilines is 1. The lowest BCUT2D eigenvalue weighted by atomic mass is 10.1. The van der Waals surface area contributed by atoms with Crippen LogP contribution in [0.25, 0.3) is 0 Å². The van der Waals surface area contributed by atoms with Gasteiger partial charge in [-0.25, -0.2) is 4.57 Å². The lowest BCUT2D eigenvalue weighted by molar-refractivity contribution is -0.689. The number of amides is 2. The van der Waals surface area contributed by atoms with Crippen LogP contribution in [0.1, 0.15) is 5.82 Å². The normalized spacial score (nSPS) is 21.6. The van der Waals surface area contributed by atoms with Gasteiger partial charge in [-0.15, -0.1) is 11.8 Å². The molecule has 0 radical (unpaired) electrons. The van der Waals surface area contributed by atoms with Crippen molar-refractivity contribution in [2.75, 3.05) is 11.5 Å². The molecule has 2 aromatic rings. The Morgan fingerprint density at radius 2 is 2.21 bits per heavy atom. The number of carbonyl (C=O) groups excluding carboxylic acids is 2. The van der Waals surface area contributed by atoms with Crippen molar-refractivity contribution >= 4 is 46.0 Å². The first-order valence-corrected chi connectivity index (χ1v) is 10.1. The molecule has 0 aliphatic carbocycles. The van der Waals surface area contributed by atoms with E-state index in [9.17, 15) is 9.59 Å². The van der Waals surface area contributed by atoms with Crippen LogP contribution in [0.15, 0.2) is 47.5 Å². The molecule has 10 nitrogen and oxygen atoms in total. The molecule has 144 valence electrons. The smallest absolute Gasteiger partial charge is 0.278 e. The standard InChI is InChI=1S/C16H15N7O3S2/c17-16-19-12(21-28-16)10(20-26)13(24)18-11-14(25)23-7-9(8-27-15(11)23)6-22-4-2-1-3-5-22/h1-5,7,11,15H,6,8H2,(H3-,17,18,19,21,24,26)/p+1/t11?,15-/m0/s1. The summed E-state index contributed by atoms with van der Waals surface area (Å²) in [5.74, 6) is -0.282. The summed E-state index contributed by atoms with van der Waals surface area (Å²) in [6, 6.07) is 5.14. The minimum Gasteiger partial charge on any atom is -0.410 e. The van der Waals surface area contributed by atoms with Gasteiger partial charge in [-0.1, -0.05) is 11.2 Å². The topological polar surface area (TPSA) is 138 Å². The van der Waals surface area contributed by atoms with Gasteiger partial charge in [0, 0.05) is 41.2 Å². The number of hydrogen-bond acceptors (Lipinski definition) is 9. The second-order valence-corrected chi connectivity index (χ2v) is 8.03. The summed E-state index contributed by atoms with van der Waals surface area (Å²) < 4.78 is 5.89. The van der Waals surface area contributed by atoms with E-state index < -0.39 is 11.9 Å². The molecule has 0 aromatic carbocycles. The lowest BCUT2D eigenvalue weighted by Gasteiger charge is -2.47. The van der Waals surface area contributed by atoms with Crippen LogP contribution >= 0.6 is 23.3 Å². The largest absolute Gasteiger partial charge is 0.410 e. The van der Waals surface area contributed by atoms with E-state index in [0.717, 1.165) is 22.9 Å². The summed E-state index contributed by atoms with van der Waals surface area (Å²) in [5, 5.41) is 14.6. The van der Waals surface area contributed by atoms with E-state index in [1.54, 1.807) is 16.7 Å². The molecule has 12 heteroatoms. The molecule has 1 fully saturated rings. The van der Waals surface area contributed by atoms with Crippen molar-refractivity contribution in [3.8, 4) is 0 Å². The molecule has 4 N–H and O–H groups in total. The summed E-state index contributed by atoms with van der Waals surface area (Å²) in [6.07, 6.45) is 5.77. The van der Waals surface area contributed by atoms with Crippen molar-refractivity contribution in [1.29, 1.82) is 0 Å². The van der Waals surface area contributed by atoms with Gasteiger partial charge in [0.25, 0.3) is 11.8 Å². The van der Waals surface area contributed by atoms with Crippen LogP contribution in [0.2, 0.25) is 0 Å². The van der Waals surface area contributed by atoms with Crippen molar-refractivity contribution in [2.45, 2.75) is 18.0 Å². The SMILES string of the molecule is Nc1nc(C(=NO)C(=O)NC2C(=O)N3C=C(C[n+]4ccccc4)CS[C@@H]23)ns1. The van der Waals surface area contributed by atoms with E-state index in [-0.39, 0.29) is 27.9 Å². The van der Waals surface area contributed by atoms with E-state index in [1.807, 2.05) is 41.4 Å². The van der Waals surface area contributed by atoms with Crippen molar-refractivity contribution in [3.05, 3.63) is 48.2 Å². The van der Waals surface area contributed by atoms with Gasteiger partial charge in [-0.3, -0.25) is 9.59 Å². The van der Waals surface area contributed by atoms with Crippen molar-refractivity contribution in [2.24, 2.45) is 5.16 Å². The van der Waals surface area contributed by atoms with Gasteiger partial charge in [0.15, 0.2) is 24.1 Å². The highest BCUT2D eigenvalue weighted by atomic mass is 32.2. The van der Waals surface area contributed by atoms with Crippen LogP contribution in [0.4, 0.5) is 5.13 Å². The minimum absolute atomic E-state index is 0.0792. The maximum Gasteiger partial charge on any atom is 0.278 e. The molecular weight excluding hydrogens is 402 g/mol. The first-order valence-electron chi connectivity index (χ1n) is 8.26. The maximum absolute atomic E-state index is 12.5. The number of β-lactam (4-membered cyclic amide) rings is 1. The van der Waals surface area contributed by atoms with Crippen LogP contribution in [0.3, 0.4) is 0 Å². The number of thioether (sulfide) groups is 1. The predicted molar refractivity (Wildman–Crippen MR) is 102 cm³/mol. The first-order chi connectivity index (χ1) is 13.6. The van der Waals surface area contributed by atoms with E-state index in [2.05, 4.69) is 19.8 Å². The zero-order valence-corrected chi connectivity index (χ0v) is 16.1. The average molecular weight is 418 g/mol. The molecular formula is C16H16N7O3S2+. The first kappa shape index (κ1) is 18.4. The second kappa shape index (κ2) is 7.56. The Labute approximate surface area is 167 Å². The Hall–Kier alpha value is -2.99. The van der Waals surface area contributed by atoms with E-state index in [0.29, 0.717) is 6.54 Å². The molecule has 2 amide bonds. The summed E-state index contributed by atoms with van der Waals surface area (Å²) in [4.78, 5) is 30.3. The summed E-state index contributed by atoms with van der Waals surface area (Å²) in [6.45, 7) is 0.694. The number of aromatic nitrogens is 3. The number of oxime groups is 1. The second-order valence-electron chi connectivity index (χ2n) is 6.14. The average Bonchev–Trinajstić information content (AvgIpc) is 3.13. The van der Waals surface area contributed by atoms with Gasteiger partial charge in [-0.05, 0) is 0 Å². The number of hydrogen-bond donors (Lipinski definition) is 3. The highest BCUT2D eigenvalue weighted by Gasteiger charge is 2.50. The fourth-order valence-corrected chi connectivity index (χ4v) is 4.64. The van der Waals surface area contributed by atoms with Crippen LogP contribution in [-0.4, -0.2) is 54.2 Å². The number of nitrogens with one attached hydrogen (secondary N) is 1. The van der Waals surface area contributed by atoms with Gasteiger partial charge in [0.05, 0.1) is 0 Å². The summed E-state index contributed by atoms with van der Waals surface area (Å²) >= 11 is 2.45.